The lowest BCUT2D eigenvalue weighted by Gasteiger charge is -2.13. The van der Waals surface area contributed by atoms with Crippen LogP contribution in [0.1, 0.15) is 39.0 Å². The first kappa shape index (κ1) is 12.2. The number of carboxylic acid groups (broad SMARTS) is 1. The number of unbranched alkanes of at least 4 members (excludes halogenated alkanes) is 2. The molecule has 0 radical (unpaired) electrons. The minimum Gasteiger partial charge on any atom is -0.481 e. The predicted molar refractivity (Wildman–Crippen MR) is 62.8 cm³/mol. The molecule has 2 atom stereocenters. The van der Waals surface area contributed by atoms with Crippen molar-refractivity contribution >= 4 is 23.3 Å². The van der Waals surface area contributed by atoms with Gasteiger partial charge in [-0.25, -0.2) is 0 Å². The van der Waals surface area contributed by atoms with Crippen molar-refractivity contribution in [2.45, 2.75) is 51.1 Å². The molecule has 5 heteroatoms. The van der Waals surface area contributed by atoms with Crippen LogP contribution in [-0.4, -0.2) is 28.3 Å². The van der Waals surface area contributed by atoms with Gasteiger partial charge in [-0.3, -0.25) is 4.79 Å². The summed E-state index contributed by atoms with van der Waals surface area (Å²) < 4.78 is 0. The minimum absolute atomic E-state index is 0.282. The van der Waals surface area contributed by atoms with Crippen molar-refractivity contribution < 1.29 is 9.90 Å². The highest BCUT2D eigenvalue weighted by Crippen LogP contribution is 2.11. The Morgan fingerprint density at radius 1 is 1.40 bits per heavy atom. The van der Waals surface area contributed by atoms with Crippen LogP contribution in [0.2, 0.25) is 0 Å². The lowest BCUT2D eigenvalue weighted by molar-refractivity contribution is -0.137. The molecule has 1 heterocycles. The predicted octanol–water partition coefficient (Wildman–Crippen LogP) is 1.26. The lowest BCUT2D eigenvalue weighted by atomic mass is 10.0. The van der Waals surface area contributed by atoms with E-state index in [0.29, 0.717) is 12.1 Å². The molecule has 1 rings (SSSR count). The second kappa shape index (κ2) is 5.90. The highest BCUT2D eigenvalue weighted by Gasteiger charge is 2.24. The molecule has 15 heavy (non-hydrogen) atoms. The van der Waals surface area contributed by atoms with Gasteiger partial charge in [0.25, 0.3) is 0 Å². The van der Waals surface area contributed by atoms with Crippen LogP contribution in [0.4, 0.5) is 0 Å². The third-order valence-corrected chi connectivity index (χ3v) is 2.92. The maximum Gasteiger partial charge on any atom is 0.303 e. The molecule has 0 aromatic carbocycles. The van der Waals surface area contributed by atoms with Gasteiger partial charge in [0.15, 0.2) is 5.11 Å². The highest BCUT2D eigenvalue weighted by molar-refractivity contribution is 7.80. The Morgan fingerprint density at radius 3 is 2.67 bits per heavy atom. The Bertz CT molecular complexity index is 246. The first-order chi connectivity index (χ1) is 7.09. The van der Waals surface area contributed by atoms with E-state index in [4.69, 9.17) is 17.3 Å². The van der Waals surface area contributed by atoms with Gasteiger partial charge in [0.05, 0.1) is 0 Å². The molecular formula is C10H18N2O2S. The number of nitrogens with one attached hydrogen (secondary N) is 2. The van der Waals surface area contributed by atoms with E-state index < -0.39 is 5.97 Å². The standard InChI is InChI=1S/C10H18N2O2S/c1-7-8(12-10(15)11-7)5-3-2-4-6-9(13)14/h7-8H,2-6H2,1H3,(H,13,14)(H2,11,12,15)/t7-,8-/m1/s1. The fraction of sp³-hybridized carbons (Fsp3) is 0.800. The van der Waals surface area contributed by atoms with Crippen molar-refractivity contribution in [1.29, 1.82) is 0 Å². The third kappa shape index (κ3) is 4.46. The first-order valence-corrected chi connectivity index (χ1v) is 5.79. The molecule has 0 saturated carbocycles. The molecule has 3 N–H and O–H groups in total. The average Bonchev–Trinajstić information content (AvgIpc) is 2.44. The number of aliphatic carboxylic acids is 1. The second-order valence-electron chi connectivity index (χ2n) is 4.01. The Hall–Kier alpha value is -0.840. The number of carboxylic acids is 1. The summed E-state index contributed by atoms with van der Waals surface area (Å²) in [5.41, 5.74) is 0. The van der Waals surface area contributed by atoms with E-state index in [1.54, 1.807) is 0 Å². The third-order valence-electron chi connectivity index (χ3n) is 2.68. The van der Waals surface area contributed by atoms with Crippen molar-refractivity contribution in [1.82, 2.24) is 10.6 Å². The fourth-order valence-electron chi connectivity index (χ4n) is 1.78. The van der Waals surface area contributed by atoms with E-state index in [-0.39, 0.29) is 6.42 Å². The first-order valence-electron chi connectivity index (χ1n) is 5.38. The summed E-state index contributed by atoms with van der Waals surface area (Å²) in [6.45, 7) is 2.11. The number of hydrogen-bond donors (Lipinski definition) is 3. The molecule has 0 amide bonds. The summed E-state index contributed by atoms with van der Waals surface area (Å²) in [6.07, 6.45) is 4.14. The maximum atomic E-state index is 10.3. The van der Waals surface area contributed by atoms with Crippen LogP contribution in [0.15, 0.2) is 0 Å². The zero-order chi connectivity index (χ0) is 11.3. The SMILES string of the molecule is C[C@H]1NC(=S)N[C@@H]1CCCCCC(=O)O. The maximum absolute atomic E-state index is 10.3. The molecule has 0 unspecified atom stereocenters. The van der Waals surface area contributed by atoms with E-state index in [1.165, 1.54) is 0 Å². The average molecular weight is 230 g/mol. The topological polar surface area (TPSA) is 61.4 Å². The monoisotopic (exact) mass is 230 g/mol. The van der Waals surface area contributed by atoms with Crippen molar-refractivity contribution in [3.63, 3.8) is 0 Å². The zero-order valence-corrected chi connectivity index (χ0v) is 9.77. The normalized spacial score (nSPS) is 24.7. The van der Waals surface area contributed by atoms with Gasteiger partial charge in [-0.2, -0.15) is 0 Å². The number of rotatable bonds is 6. The van der Waals surface area contributed by atoms with E-state index in [1.807, 2.05) is 0 Å². The molecule has 0 aromatic rings. The lowest BCUT2D eigenvalue weighted by Crippen LogP contribution is -2.30. The zero-order valence-electron chi connectivity index (χ0n) is 8.95. The molecule has 0 aliphatic carbocycles. The van der Waals surface area contributed by atoms with E-state index >= 15 is 0 Å². The van der Waals surface area contributed by atoms with E-state index in [2.05, 4.69) is 17.6 Å². The van der Waals surface area contributed by atoms with Crippen LogP contribution >= 0.6 is 12.2 Å². The quantitative estimate of drug-likeness (QED) is 0.473. The van der Waals surface area contributed by atoms with Crippen LogP contribution in [0.25, 0.3) is 0 Å². The van der Waals surface area contributed by atoms with Gasteiger partial charge in [-0.1, -0.05) is 12.8 Å². The van der Waals surface area contributed by atoms with Gasteiger partial charge in [0.2, 0.25) is 0 Å². The molecule has 1 aliphatic heterocycles. The van der Waals surface area contributed by atoms with Gasteiger partial charge < -0.3 is 15.7 Å². The Morgan fingerprint density at radius 2 is 2.13 bits per heavy atom. The molecule has 1 saturated heterocycles. The molecule has 4 nitrogen and oxygen atoms in total. The molecule has 0 bridgehead atoms. The highest BCUT2D eigenvalue weighted by atomic mass is 32.1. The largest absolute Gasteiger partial charge is 0.481 e. The summed E-state index contributed by atoms with van der Waals surface area (Å²) in [5.74, 6) is -0.704. The Kier molecular flexibility index (Phi) is 4.81. The van der Waals surface area contributed by atoms with Gasteiger partial charge in [0.1, 0.15) is 0 Å². The summed E-state index contributed by atoms with van der Waals surface area (Å²) in [6, 6.07) is 0.791. The van der Waals surface area contributed by atoms with Gasteiger partial charge >= 0.3 is 5.97 Å². The molecular weight excluding hydrogens is 212 g/mol. The van der Waals surface area contributed by atoms with Gasteiger partial charge in [-0.15, -0.1) is 0 Å². The smallest absolute Gasteiger partial charge is 0.303 e. The number of hydrogen-bond acceptors (Lipinski definition) is 2. The van der Waals surface area contributed by atoms with E-state index in [0.717, 1.165) is 30.8 Å². The molecule has 1 fully saturated rings. The van der Waals surface area contributed by atoms with Gasteiger partial charge in [0, 0.05) is 18.5 Å². The summed E-state index contributed by atoms with van der Waals surface area (Å²) in [5, 5.41) is 15.6. The van der Waals surface area contributed by atoms with Gasteiger partial charge in [-0.05, 0) is 32.0 Å². The fourth-order valence-corrected chi connectivity index (χ4v) is 2.12. The summed E-state index contributed by atoms with van der Waals surface area (Å²) in [4.78, 5) is 10.3. The minimum atomic E-state index is -0.704. The molecule has 86 valence electrons. The second-order valence-corrected chi connectivity index (χ2v) is 4.41. The Labute approximate surface area is 95.4 Å². The van der Waals surface area contributed by atoms with Crippen LogP contribution < -0.4 is 10.6 Å². The van der Waals surface area contributed by atoms with E-state index in [9.17, 15) is 4.79 Å². The summed E-state index contributed by atoms with van der Waals surface area (Å²) >= 11 is 5.01. The van der Waals surface area contributed by atoms with Crippen LogP contribution in [0, 0.1) is 0 Å². The van der Waals surface area contributed by atoms with Crippen molar-refractivity contribution in [3.05, 3.63) is 0 Å². The number of carbonyl (C=O) groups is 1. The molecule has 0 spiro atoms. The van der Waals surface area contributed by atoms with Crippen molar-refractivity contribution in [2.75, 3.05) is 0 Å². The summed E-state index contributed by atoms with van der Waals surface area (Å²) in [7, 11) is 0. The number of thiocarbonyl (C=S) groups is 1. The molecule has 0 aromatic heterocycles. The Balaban J connectivity index is 2.05. The van der Waals surface area contributed by atoms with Crippen molar-refractivity contribution in [2.24, 2.45) is 0 Å². The van der Waals surface area contributed by atoms with Crippen LogP contribution in [0.5, 0.6) is 0 Å². The van der Waals surface area contributed by atoms with Crippen LogP contribution in [0.3, 0.4) is 0 Å². The van der Waals surface area contributed by atoms with Crippen molar-refractivity contribution in [3.8, 4) is 0 Å². The molecule has 1 aliphatic rings. The van der Waals surface area contributed by atoms with Crippen LogP contribution in [-0.2, 0) is 4.79 Å².